The molecule has 0 bridgehead atoms. The molecular weight excluding hydrogens is 305 g/mol. The van der Waals surface area contributed by atoms with Crippen LogP contribution in [-0.4, -0.2) is 21.0 Å². The van der Waals surface area contributed by atoms with Gasteiger partial charge in [0, 0.05) is 12.6 Å². The zero-order valence-corrected chi connectivity index (χ0v) is 13.1. The minimum absolute atomic E-state index is 0.111. The zero-order valence-electron chi connectivity index (χ0n) is 12.3. The van der Waals surface area contributed by atoms with E-state index in [1.54, 1.807) is 6.07 Å². The van der Waals surface area contributed by atoms with Gasteiger partial charge in [0.25, 0.3) is 0 Å². The van der Waals surface area contributed by atoms with Crippen LogP contribution in [0.4, 0.5) is 4.39 Å². The van der Waals surface area contributed by atoms with Crippen LogP contribution in [0.25, 0.3) is 0 Å². The van der Waals surface area contributed by atoms with Crippen molar-refractivity contribution in [2.24, 2.45) is 11.7 Å². The quantitative estimate of drug-likeness (QED) is 0.864. The van der Waals surface area contributed by atoms with Crippen LogP contribution < -0.4 is 10.5 Å². The highest BCUT2D eigenvalue weighted by molar-refractivity contribution is 7.89. The molecule has 120 valence electrons. The summed E-state index contributed by atoms with van der Waals surface area (Å²) in [6, 6.07) is 4.51. The summed E-state index contributed by atoms with van der Waals surface area (Å²) < 4.78 is 40.8. The second-order valence-corrected chi connectivity index (χ2v) is 7.33. The number of nitrogens with zero attached hydrogens (tertiary/aromatic N) is 1. The van der Waals surface area contributed by atoms with E-state index in [2.05, 4.69) is 4.72 Å². The van der Waals surface area contributed by atoms with Gasteiger partial charge in [-0.1, -0.05) is 19.3 Å². The molecule has 0 aliphatic heterocycles. The first-order valence-corrected chi connectivity index (χ1v) is 8.88. The fourth-order valence-corrected chi connectivity index (χ4v) is 4.24. The highest BCUT2D eigenvalue weighted by Crippen LogP contribution is 2.27. The van der Waals surface area contributed by atoms with Gasteiger partial charge in [-0.05, 0) is 37.0 Å². The van der Waals surface area contributed by atoms with E-state index < -0.39 is 15.8 Å². The third-order valence-electron chi connectivity index (χ3n) is 4.15. The molecule has 1 unspecified atom stereocenters. The minimum atomic E-state index is -3.82. The predicted molar refractivity (Wildman–Crippen MR) is 80.9 cm³/mol. The van der Waals surface area contributed by atoms with Crippen molar-refractivity contribution in [3.8, 4) is 6.07 Å². The Morgan fingerprint density at radius 2 is 2.05 bits per heavy atom. The molecule has 5 nitrogen and oxygen atoms in total. The number of nitrogens with one attached hydrogen (secondary N) is 1. The molecule has 0 heterocycles. The van der Waals surface area contributed by atoms with Crippen LogP contribution in [-0.2, 0) is 10.0 Å². The molecule has 1 saturated carbocycles. The minimum Gasteiger partial charge on any atom is -0.329 e. The second-order valence-electron chi connectivity index (χ2n) is 5.62. The number of rotatable bonds is 5. The summed E-state index contributed by atoms with van der Waals surface area (Å²) in [4.78, 5) is -0.111. The Hall–Kier alpha value is -1.49. The fourth-order valence-electron chi connectivity index (χ4n) is 2.90. The first-order chi connectivity index (χ1) is 10.5. The lowest BCUT2D eigenvalue weighted by atomic mass is 9.84. The number of hydrogen-bond donors (Lipinski definition) is 2. The third kappa shape index (κ3) is 3.83. The van der Waals surface area contributed by atoms with Crippen molar-refractivity contribution in [2.75, 3.05) is 6.54 Å². The summed E-state index contributed by atoms with van der Waals surface area (Å²) in [6.07, 6.45) is 5.24. The lowest BCUT2D eigenvalue weighted by Gasteiger charge is -2.29. The maximum atomic E-state index is 13.3. The van der Waals surface area contributed by atoms with Gasteiger partial charge in [0.1, 0.15) is 11.9 Å². The van der Waals surface area contributed by atoms with Crippen molar-refractivity contribution >= 4 is 10.0 Å². The third-order valence-corrected chi connectivity index (χ3v) is 5.64. The molecule has 1 aliphatic rings. The van der Waals surface area contributed by atoms with Gasteiger partial charge in [0.05, 0.1) is 10.5 Å². The summed E-state index contributed by atoms with van der Waals surface area (Å²) in [7, 11) is -3.82. The van der Waals surface area contributed by atoms with E-state index in [0.29, 0.717) is 0 Å². The van der Waals surface area contributed by atoms with Crippen LogP contribution in [0.3, 0.4) is 0 Å². The zero-order chi connectivity index (χ0) is 16.2. The maximum absolute atomic E-state index is 13.3. The van der Waals surface area contributed by atoms with Crippen molar-refractivity contribution in [3.05, 3.63) is 29.6 Å². The number of nitriles is 1. The Morgan fingerprint density at radius 1 is 1.36 bits per heavy atom. The van der Waals surface area contributed by atoms with Gasteiger partial charge in [-0.15, -0.1) is 0 Å². The summed E-state index contributed by atoms with van der Waals surface area (Å²) in [5.41, 5.74) is 5.44. The Labute approximate surface area is 130 Å². The Balaban J connectivity index is 2.20. The molecule has 3 N–H and O–H groups in total. The van der Waals surface area contributed by atoms with Crippen LogP contribution in [0.15, 0.2) is 23.1 Å². The average molecular weight is 325 g/mol. The van der Waals surface area contributed by atoms with Gasteiger partial charge in [0.15, 0.2) is 0 Å². The molecular formula is C15H20FN3O2S. The first kappa shape index (κ1) is 16.9. The van der Waals surface area contributed by atoms with Crippen LogP contribution in [0.2, 0.25) is 0 Å². The number of benzene rings is 1. The topological polar surface area (TPSA) is 96.0 Å². The standard InChI is InChI=1S/C15H20FN3O2S/c16-14-7-6-13(8-12(14)9-17)22(20,21)19-15(10-18)11-4-2-1-3-5-11/h6-8,11,15,19H,1-5,10,18H2. The van der Waals surface area contributed by atoms with E-state index in [-0.39, 0.29) is 29.0 Å². The van der Waals surface area contributed by atoms with Gasteiger partial charge in [-0.25, -0.2) is 17.5 Å². The molecule has 22 heavy (non-hydrogen) atoms. The van der Waals surface area contributed by atoms with E-state index >= 15 is 0 Å². The Kier molecular flexibility index (Phi) is 5.51. The molecule has 2 rings (SSSR count). The van der Waals surface area contributed by atoms with E-state index in [9.17, 15) is 12.8 Å². The SMILES string of the molecule is N#Cc1cc(S(=O)(=O)NC(CN)C2CCCCC2)ccc1F. The number of halogens is 1. The molecule has 1 aromatic carbocycles. The maximum Gasteiger partial charge on any atom is 0.240 e. The summed E-state index contributed by atoms with van der Waals surface area (Å²) in [6.45, 7) is 0.218. The average Bonchev–Trinajstić information content (AvgIpc) is 2.53. The van der Waals surface area contributed by atoms with Crippen molar-refractivity contribution in [1.82, 2.24) is 4.72 Å². The summed E-state index contributed by atoms with van der Waals surface area (Å²) in [5.74, 6) is -0.506. The van der Waals surface area contributed by atoms with E-state index in [0.717, 1.165) is 43.9 Å². The Bertz CT molecular complexity index is 664. The molecule has 0 spiro atoms. The van der Waals surface area contributed by atoms with E-state index in [1.807, 2.05) is 0 Å². The molecule has 1 fully saturated rings. The van der Waals surface area contributed by atoms with Gasteiger partial charge in [0.2, 0.25) is 10.0 Å². The van der Waals surface area contributed by atoms with Crippen LogP contribution >= 0.6 is 0 Å². The molecule has 0 amide bonds. The molecule has 1 aromatic rings. The molecule has 1 aliphatic carbocycles. The normalized spacial score (nSPS) is 17.9. The monoisotopic (exact) mass is 325 g/mol. The highest BCUT2D eigenvalue weighted by atomic mass is 32.2. The smallest absolute Gasteiger partial charge is 0.240 e. The van der Waals surface area contributed by atoms with E-state index in [1.165, 1.54) is 6.42 Å². The number of nitrogens with two attached hydrogens (primary N) is 1. The summed E-state index contributed by atoms with van der Waals surface area (Å²) in [5, 5.41) is 8.82. The van der Waals surface area contributed by atoms with Gasteiger partial charge in [-0.2, -0.15) is 5.26 Å². The molecule has 7 heteroatoms. The fraction of sp³-hybridized carbons (Fsp3) is 0.533. The van der Waals surface area contributed by atoms with Crippen molar-refractivity contribution in [3.63, 3.8) is 0 Å². The van der Waals surface area contributed by atoms with Gasteiger partial charge in [-0.3, -0.25) is 0 Å². The lowest BCUT2D eigenvalue weighted by molar-refractivity contribution is 0.294. The highest BCUT2D eigenvalue weighted by Gasteiger charge is 2.27. The van der Waals surface area contributed by atoms with Crippen LogP contribution in [0, 0.1) is 23.1 Å². The van der Waals surface area contributed by atoms with E-state index in [4.69, 9.17) is 11.0 Å². The van der Waals surface area contributed by atoms with Crippen LogP contribution in [0.5, 0.6) is 0 Å². The van der Waals surface area contributed by atoms with Gasteiger partial charge >= 0.3 is 0 Å². The molecule has 0 radical (unpaired) electrons. The molecule has 0 aromatic heterocycles. The Morgan fingerprint density at radius 3 is 2.64 bits per heavy atom. The lowest BCUT2D eigenvalue weighted by Crippen LogP contribution is -2.45. The number of sulfonamides is 1. The number of hydrogen-bond acceptors (Lipinski definition) is 4. The summed E-state index contributed by atoms with van der Waals surface area (Å²) >= 11 is 0. The first-order valence-electron chi connectivity index (χ1n) is 7.40. The van der Waals surface area contributed by atoms with Crippen molar-refractivity contribution in [1.29, 1.82) is 5.26 Å². The van der Waals surface area contributed by atoms with Crippen LogP contribution in [0.1, 0.15) is 37.7 Å². The second kappa shape index (κ2) is 7.18. The van der Waals surface area contributed by atoms with Crippen molar-refractivity contribution < 1.29 is 12.8 Å². The predicted octanol–water partition coefficient (Wildman–Crippen LogP) is 1.88. The molecule has 0 saturated heterocycles. The largest absolute Gasteiger partial charge is 0.329 e. The molecule has 1 atom stereocenters. The van der Waals surface area contributed by atoms with Gasteiger partial charge < -0.3 is 5.73 Å². The van der Waals surface area contributed by atoms with Crippen molar-refractivity contribution in [2.45, 2.75) is 43.0 Å².